The van der Waals surface area contributed by atoms with Crippen molar-refractivity contribution in [3.8, 4) is 5.69 Å². The molecule has 164 valence electrons. The van der Waals surface area contributed by atoms with Gasteiger partial charge in [-0.3, -0.25) is 14.0 Å². The SMILES string of the molecule is Cc1ccccc1-n1c(=O)c2ccccc2n2c(SCC(=O)N(C)c3ccccc3)nnc12. The van der Waals surface area contributed by atoms with Gasteiger partial charge in [0.2, 0.25) is 11.7 Å². The van der Waals surface area contributed by atoms with Gasteiger partial charge in [0.25, 0.3) is 5.56 Å². The molecule has 2 aromatic heterocycles. The molecule has 0 fully saturated rings. The predicted molar refractivity (Wildman–Crippen MR) is 131 cm³/mol. The lowest BCUT2D eigenvalue weighted by Crippen LogP contribution is -2.28. The number of hydrogen-bond acceptors (Lipinski definition) is 5. The molecule has 0 bridgehead atoms. The summed E-state index contributed by atoms with van der Waals surface area (Å²) in [5.74, 6) is 0.545. The first-order valence-electron chi connectivity index (χ1n) is 10.5. The van der Waals surface area contributed by atoms with Crippen LogP contribution in [0.4, 0.5) is 5.69 Å². The van der Waals surface area contributed by atoms with E-state index in [4.69, 9.17) is 0 Å². The Kier molecular flexibility index (Phi) is 5.43. The fourth-order valence-corrected chi connectivity index (χ4v) is 4.68. The summed E-state index contributed by atoms with van der Waals surface area (Å²) < 4.78 is 3.44. The van der Waals surface area contributed by atoms with Crippen molar-refractivity contribution < 1.29 is 4.79 Å². The van der Waals surface area contributed by atoms with Crippen LogP contribution in [-0.2, 0) is 4.79 Å². The minimum absolute atomic E-state index is 0.0560. The molecular weight excluding hydrogens is 434 g/mol. The first kappa shape index (κ1) is 21.0. The number of benzene rings is 3. The monoisotopic (exact) mass is 455 g/mol. The van der Waals surface area contributed by atoms with Gasteiger partial charge in [-0.1, -0.05) is 60.3 Å². The first-order valence-corrected chi connectivity index (χ1v) is 11.4. The minimum atomic E-state index is -0.156. The molecule has 0 aliphatic carbocycles. The molecule has 3 aromatic carbocycles. The zero-order chi connectivity index (χ0) is 22.9. The summed E-state index contributed by atoms with van der Waals surface area (Å²) in [5.41, 5.74) is 3.08. The molecule has 0 aliphatic rings. The van der Waals surface area contributed by atoms with Crippen LogP contribution in [0.2, 0.25) is 0 Å². The summed E-state index contributed by atoms with van der Waals surface area (Å²) in [5, 5.41) is 9.82. The number of aryl methyl sites for hydroxylation is 1. The number of para-hydroxylation sites is 3. The largest absolute Gasteiger partial charge is 0.315 e. The molecule has 0 saturated carbocycles. The van der Waals surface area contributed by atoms with E-state index in [0.29, 0.717) is 21.8 Å². The van der Waals surface area contributed by atoms with Gasteiger partial charge in [0.1, 0.15) is 0 Å². The molecular formula is C25H21N5O2S. The second kappa shape index (κ2) is 8.55. The van der Waals surface area contributed by atoms with Gasteiger partial charge in [0.15, 0.2) is 5.16 Å². The van der Waals surface area contributed by atoms with Gasteiger partial charge >= 0.3 is 0 Å². The number of carbonyl (C=O) groups is 1. The fraction of sp³-hybridized carbons (Fsp3) is 0.120. The number of fused-ring (bicyclic) bond motifs is 3. The molecule has 0 N–H and O–H groups in total. The van der Waals surface area contributed by atoms with Crippen molar-refractivity contribution in [3.05, 3.63) is 94.8 Å². The van der Waals surface area contributed by atoms with E-state index in [1.807, 2.05) is 84.1 Å². The van der Waals surface area contributed by atoms with Gasteiger partial charge in [-0.15, -0.1) is 10.2 Å². The van der Waals surface area contributed by atoms with E-state index in [-0.39, 0.29) is 17.2 Å². The third-order valence-corrected chi connectivity index (χ3v) is 6.51. The fourth-order valence-electron chi connectivity index (χ4n) is 3.82. The molecule has 0 saturated heterocycles. The summed E-state index contributed by atoms with van der Waals surface area (Å²) in [6.07, 6.45) is 0. The molecule has 0 spiro atoms. The van der Waals surface area contributed by atoms with Crippen LogP contribution in [-0.4, -0.2) is 37.9 Å². The van der Waals surface area contributed by atoms with Crippen molar-refractivity contribution in [3.63, 3.8) is 0 Å². The van der Waals surface area contributed by atoms with Crippen molar-refractivity contribution in [1.29, 1.82) is 0 Å². The van der Waals surface area contributed by atoms with Gasteiger partial charge < -0.3 is 4.90 Å². The van der Waals surface area contributed by atoms with Crippen molar-refractivity contribution in [2.75, 3.05) is 17.7 Å². The number of nitrogens with zero attached hydrogens (tertiary/aromatic N) is 5. The van der Waals surface area contributed by atoms with Gasteiger partial charge in [0, 0.05) is 12.7 Å². The standard InChI is InChI=1S/C25H21N5O2S/c1-17-10-6-8-14-20(17)29-23(32)19-13-7-9-15-21(19)30-24(29)26-27-25(30)33-16-22(31)28(2)18-11-4-3-5-12-18/h3-15H,16H2,1-2H3. The Bertz CT molecular complexity index is 1540. The molecule has 0 radical (unpaired) electrons. The molecule has 8 heteroatoms. The number of anilines is 1. The number of carbonyl (C=O) groups excluding carboxylic acids is 1. The van der Waals surface area contributed by atoms with Crippen LogP contribution < -0.4 is 10.5 Å². The maximum Gasteiger partial charge on any atom is 0.267 e. The van der Waals surface area contributed by atoms with Crippen LogP contribution in [0.5, 0.6) is 0 Å². The van der Waals surface area contributed by atoms with E-state index < -0.39 is 0 Å². The van der Waals surface area contributed by atoms with Gasteiger partial charge in [-0.2, -0.15) is 0 Å². The molecule has 0 unspecified atom stereocenters. The van der Waals surface area contributed by atoms with E-state index in [0.717, 1.165) is 16.9 Å². The maximum atomic E-state index is 13.4. The van der Waals surface area contributed by atoms with Crippen molar-refractivity contribution >= 4 is 40.0 Å². The molecule has 2 heterocycles. The van der Waals surface area contributed by atoms with Crippen molar-refractivity contribution in [1.82, 2.24) is 19.2 Å². The normalized spacial score (nSPS) is 11.2. The Morgan fingerprint density at radius 2 is 1.64 bits per heavy atom. The van der Waals surface area contributed by atoms with Gasteiger partial charge in [-0.25, -0.2) is 4.57 Å². The number of hydrogen-bond donors (Lipinski definition) is 0. The minimum Gasteiger partial charge on any atom is -0.315 e. The van der Waals surface area contributed by atoms with Crippen molar-refractivity contribution in [2.45, 2.75) is 12.1 Å². The quantitative estimate of drug-likeness (QED) is 0.373. The Morgan fingerprint density at radius 3 is 2.42 bits per heavy atom. The van der Waals surface area contributed by atoms with E-state index in [9.17, 15) is 9.59 Å². The zero-order valence-electron chi connectivity index (χ0n) is 18.2. The summed E-state index contributed by atoms with van der Waals surface area (Å²) in [4.78, 5) is 27.9. The van der Waals surface area contributed by atoms with Crippen LogP contribution in [0.15, 0.2) is 88.8 Å². The summed E-state index contributed by atoms with van der Waals surface area (Å²) in [6.45, 7) is 1.96. The number of thioether (sulfide) groups is 1. The number of aromatic nitrogens is 4. The number of rotatable bonds is 5. The second-order valence-corrected chi connectivity index (χ2v) is 8.58. The van der Waals surface area contributed by atoms with Gasteiger partial charge in [0.05, 0.1) is 22.3 Å². The molecule has 5 aromatic rings. The Labute approximate surface area is 194 Å². The van der Waals surface area contributed by atoms with E-state index in [1.54, 1.807) is 22.6 Å². The molecule has 7 nitrogen and oxygen atoms in total. The van der Waals surface area contributed by atoms with E-state index >= 15 is 0 Å². The summed E-state index contributed by atoms with van der Waals surface area (Å²) >= 11 is 1.30. The highest BCUT2D eigenvalue weighted by atomic mass is 32.2. The molecule has 0 aliphatic heterocycles. The van der Waals surface area contributed by atoms with Crippen LogP contribution in [0.3, 0.4) is 0 Å². The molecule has 33 heavy (non-hydrogen) atoms. The Morgan fingerprint density at radius 1 is 0.939 bits per heavy atom. The Balaban J connectivity index is 1.60. The van der Waals surface area contributed by atoms with Crippen LogP contribution >= 0.6 is 11.8 Å². The van der Waals surface area contributed by atoms with Crippen LogP contribution in [0, 0.1) is 6.92 Å². The van der Waals surface area contributed by atoms with E-state index in [1.165, 1.54) is 11.8 Å². The second-order valence-electron chi connectivity index (χ2n) is 7.64. The topological polar surface area (TPSA) is 72.5 Å². The lowest BCUT2D eigenvalue weighted by molar-refractivity contribution is -0.115. The summed E-state index contributed by atoms with van der Waals surface area (Å²) in [6, 6.07) is 24.6. The lowest BCUT2D eigenvalue weighted by Gasteiger charge is -2.17. The van der Waals surface area contributed by atoms with Gasteiger partial charge in [-0.05, 0) is 42.8 Å². The first-order chi connectivity index (χ1) is 16.1. The van der Waals surface area contributed by atoms with E-state index in [2.05, 4.69) is 10.2 Å². The zero-order valence-corrected chi connectivity index (χ0v) is 19.0. The smallest absolute Gasteiger partial charge is 0.267 e. The maximum absolute atomic E-state index is 13.4. The van der Waals surface area contributed by atoms with Crippen LogP contribution in [0.1, 0.15) is 5.56 Å². The highest BCUT2D eigenvalue weighted by Crippen LogP contribution is 2.25. The summed E-state index contributed by atoms with van der Waals surface area (Å²) in [7, 11) is 1.76. The van der Waals surface area contributed by atoms with Crippen molar-refractivity contribution in [2.24, 2.45) is 0 Å². The average Bonchev–Trinajstić information content (AvgIpc) is 3.27. The predicted octanol–water partition coefficient (Wildman–Crippen LogP) is 4.10. The van der Waals surface area contributed by atoms with Crippen LogP contribution in [0.25, 0.3) is 22.4 Å². The number of amides is 1. The highest BCUT2D eigenvalue weighted by molar-refractivity contribution is 7.99. The average molecular weight is 456 g/mol. The molecule has 5 rings (SSSR count). The lowest BCUT2D eigenvalue weighted by atomic mass is 10.2. The molecule has 0 atom stereocenters. The third-order valence-electron chi connectivity index (χ3n) is 5.59. The third kappa shape index (κ3) is 3.68. The Hall–Kier alpha value is -3.91. The molecule has 1 amide bonds. The highest BCUT2D eigenvalue weighted by Gasteiger charge is 2.20.